The molecule has 0 radical (unpaired) electrons. The number of carbonyl (C=O) groups excluding carboxylic acids is 1. The number of hydrogen-bond donors (Lipinski definition) is 1. The number of nitriles is 1. The van der Waals surface area contributed by atoms with Gasteiger partial charge in [0.2, 0.25) is 5.88 Å². The number of aryl methyl sites for hydroxylation is 1. The number of hydrogen-bond acceptors (Lipinski definition) is 6. The predicted molar refractivity (Wildman–Crippen MR) is 128 cm³/mol. The topological polar surface area (TPSA) is 92.2 Å². The number of carbonyl (C=O) groups is 1. The first-order valence-corrected chi connectivity index (χ1v) is 11.8. The van der Waals surface area contributed by atoms with E-state index in [0.29, 0.717) is 29.7 Å². The highest BCUT2D eigenvalue weighted by atomic mass is 16.5. The van der Waals surface area contributed by atoms with Crippen molar-refractivity contribution < 1.29 is 9.53 Å². The fourth-order valence-corrected chi connectivity index (χ4v) is 5.47. The van der Waals surface area contributed by atoms with E-state index < -0.39 is 5.92 Å². The molecule has 2 aliphatic heterocycles. The highest BCUT2D eigenvalue weighted by molar-refractivity contribution is 6.00. The molecule has 6 heteroatoms. The Bertz CT molecular complexity index is 1260. The zero-order valence-corrected chi connectivity index (χ0v) is 19.6. The number of rotatable bonds is 2. The quantitative estimate of drug-likeness (QED) is 0.705. The van der Waals surface area contributed by atoms with Crippen LogP contribution in [-0.2, 0) is 9.53 Å². The number of allylic oxidation sites excluding steroid dienone is 3. The molecule has 3 aliphatic rings. The lowest BCUT2D eigenvalue weighted by Gasteiger charge is -2.38. The van der Waals surface area contributed by atoms with Crippen LogP contribution in [0.15, 0.2) is 47.1 Å². The van der Waals surface area contributed by atoms with Crippen LogP contribution in [0.4, 0.5) is 5.82 Å². The van der Waals surface area contributed by atoms with Crippen LogP contribution in [0.1, 0.15) is 63.0 Å². The first-order chi connectivity index (χ1) is 15.8. The maximum absolute atomic E-state index is 13.5. The molecule has 0 amide bonds. The van der Waals surface area contributed by atoms with E-state index in [4.69, 9.17) is 15.5 Å². The Balaban J connectivity index is 1.77. The second kappa shape index (κ2) is 7.91. The van der Waals surface area contributed by atoms with E-state index in [1.165, 1.54) is 6.42 Å². The van der Waals surface area contributed by atoms with Crippen LogP contribution in [0.5, 0.6) is 0 Å². The van der Waals surface area contributed by atoms with Crippen molar-refractivity contribution in [1.82, 2.24) is 4.98 Å². The van der Waals surface area contributed by atoms with Crippen molar-refractivity contribution in [3.05, 3.63) is 58.2 Å². The minimum Gasteiger partial charge on any atom is -0.444 e. The molecule has 33 heavy (non-hydrogen) atoms. The number of piperidine rings is 1. The van der Waals surface area contributed by atoms with Crippen LogP contribution in [0.25, 0.3) is 10.9 Å². The molecule has 6 nitrogen and oxygen atoms in total. The van der Waals surface area contributed by atoms with E-state index in [1.54, 1.807) is 0 Å². The first-order valence-electron chi connectivity index (χ1n) is 11.8. The number of nitrogens with two attached hydrogens (primary N) is 1. The predicted octanol–water partition coefficient (Wildman–Crippen LogP) is 4.98. The smallest absolute Gasteiger partial charge is 0.205 e. The molecule has 2 N–H and O–H groups in total. The molecule has 1 aromatic carbocycles. The molecule has 0 saturated carbocycles. The van der Waals surface area contributed by atoms with Gasteiger partial charge >= 0.3 is 0 Å². The summed E-state index contributed by atoms with van der Waals surface area (Å²) in [4.78, 5) is 20.8. The summed E-state index contributed by atoms with van der Waals surface area (Å²) in [6, 6.07) is 10.6. The number of Topliss-reactive ketones (excluding diaryl/α,β-unsaturated/α-hetero) is 1. The Morgan fingerprint density at radius 1 is 1.18 bits per heavy atom. The maximum Gasteiger partial charge on any atom is 0.205 e. The average molecular weight is 443 g/mol. The van der Waals surface area contributed by atoms with Crippen molar-refractivity contribution in [2.45, 2.75) is 58.8 Å². The summed E-state index contributed by atoms with van der Waals surface area (Å²) in [6.07, 6.45) is 4.44. The van der Waals surface area contributed by atoms with Gasteiger partial charge in [-0.15, -0.1) is 0 Å². The summed E-state index contributed by atoms with van der Waals surface area (Å²) in [5, 5.41) is 11.1. The Kier molecular flexibility index (Phi) is 5.16. The van der Waals surface area contributed by atoms with E-state index in [-0.39, 0.29) is 17.1 Å². The molecule has 1 aromatic heterocycles. The first kappa shape index (κ1) is 21.5. The molecular weight excluding hydrogens is 412 g/mol. The van der Waals surface area contributed by atoms with Crippen LogP contribution in [0, 0.1) is 23.7 Å². The minimum absolute atomic E-state index is 0.0282. The molecule has 3 heterocycles. The van der Waals surface area contributed by atoms with Gasteiger partial charge in [0.25, 0.3) is 0 Å². The van der Waals surface area contributed by atoms with Crippen molar-refractivity contribution in [3.63, 3.8) is 0 Å². The van der Waals surface area contributed by atoms with E-state index in [0.717, 1.165) is 53.8 Å². The standard InChI is InChI=1S/C27H30N4O2/c1-16-7-8-20-17(11-16)12-18(26(30-20)31-9-5-4-6-10-31)23-19(15-28)25(29)33-22-14-27(2,3)13-21(32)24(22)23/h7-8,11-12,23H,4-6,9-10,13-14,29H2,1-3H3. The molecule has 1 fully saturated rings. The summed E-state index contributed by atoms with van der Waals surface area (Å²) in [5.41, 5.74) is 9.87. The number of benzene rings is 1. The molecule has 0 spiro atoms. The second-order valence-electron chi connectivity index (χ2n) is 10.3. The van der Waals surface area contributed by atoms with E-state index in [2.05, 4.69) is 49.9 Å². The summed E-state index contributed by atoms with van der Waals surface area (Å²) >= 11 is 0. The molecule has 2 aromatic rings. The number of anilines is 1. The fraction of sp³-hybridized carbons (Fsp3) is 0.444. The van der Waals surface area contributed by atoms with Crippen LogP contribution in [-0.4, -0.2) is 23.9 Å². The van der Waals surface area contributed by atoms with Gasteiger partial charge in [-0.2, -0.15) is 5.26 Å². The normalized spacial score (nSPS) is 22.8. The van der Waals surface area contributed by atoms with E-state index in [1.807, 2.05) is 6.07 Å². The van der Waals surface area contributed by atoms with E-state index >= 15 is 0 Å². The minimum atomic E-state index is -0.559. The zero-order chi connectivity index (χ0) is 23.3. The SMILES string of the molecule is Cc1ccc2nc(N3CCCCC3)c(C3C(C#N)=C(N)OC4=C3C(=O)CC(C)(C)C4)cc2c1. The second-order valence-corrected chi connectivity index (χ2v) is 10.3. The van der Waals surface area contributed by atoms with Gasteiger partial charge in [-0.25, -0.2) is 4.98 Å². The van der Waals surface area contributed by atoms with Crippen LogP contribution < -0.4 is 10.6 Å². The summed E-state index contributed by atoms with van der Waals surface area (Å²) < 4.78 is 5.90. The molecule has 5 rings (SSSR count). The number of ether oxygens (including phenoxy) is 1. The molecular formula is C27H30N4O2. The Morgan fingerprint density at radius 3 is 2.67 bits per heavy atom. The van der Waals surface area contributed by atoms with Gasteiger partial charge in [-0.3, -0.25) is 4.79 Å². The third-order valence-electron chi connectivity index (χ3n) is 7.02. The monoisotopic (exact) mass is 442 g/mol. The lowest BCUT2D eigenvalue weighted by molar-refractivity contribution is -0.119. The molecule has 1 aliphatic carbocycles. The summed E-state index contributed by atoms with van der Waals surface area (Å²) in [7, 11) is 0. The average Bonchev–Trinajstić information content (AvgIpc) is 2.77. The number of aromatic nitrogens is 1. The number of nitrogens with zero attached hydrogens (tertiary/aromatic N) is 3. The van der Waals surface area contributed by atoms with Gasteiger partial charge in [0.15, 0.2) is 5.78 Å². The summed E-state index contributed by atoms with van der Waals surface area (Å²) in [6.45, 7) is 8.00. The van der Waals surface area contributed by atoms with E-state index in [9.17, 15) is 10.1 Å². The van der Waals surface area contributed by atoms with Crippen LogP contribution in [0.3, 0.4) is 0 Å². The Labute approximate surface area is 194 Å². The van der Waals surface area contributed by atoms with Gasteiger partial charge in [0.05, 0.1) is 11.4 Å². The Morgan fingerprint density at radius 2 is 1.94 bits per heavy atom. The van der Waals surface area contributed by atoms with Gasteiger partial charge in [-0.05, 0) is 49.8 Å². The molecule has 1 atom stereocenters. The Hall–Kier alpha value is -3.33. The third kappa shape index (κ3) is 3.76. The number of pyridine rings is 1. The highest BCUT2D eigenvalue weighted by Gasteiger charge is 2.44. The third-order valence-corrected chi connectivity index (χ3v) is 7.02. The highest BCUT2D eigenvalue weighted by Crippen LogP contribution is 2.49. The van der Waals surface area contributed by atoms with Gasteiger partial charge in [-0.1, -0.05) is 25.5 Å². The van der Waals surface area contributed by atoms with Gasteiger partial charge in [0.1, 0.15) is 23.2 Å². The van der Waals surface area contributed by atoms with Gasteiger partial charge in [0, 0.05) is 42.5 Å². The lowest BCUT2D eigenvalue weighted by atomic mass is 9.70. The molecule has 1 unspecified atom stereocenters. The van der Waals surface area contributed by atoms with Crippen molar-refractivity contribution in [3.8, 4) is 6.07 Å². The van der Waals surface area contributed by atoms with Crippen molar-refractivity contribution in [2.24, 2.45) is 11.1 Å². The number of fused-ring (bicyclic) bond motifs is 1. The molecule has 0 bridgehead atoms. The van der Waals surface area contributed by atoms with Crippen molar-refractivity contribution >= 4 is 22.5 Å². The van der Waals surface area contributed by atoms with Crippen molar-refractivity contribution in [2.75, 3.05) is 18.0 Å². The van der Waals surface area contributed by atoms with Gasteiger partial charge < -0.3 is 15.4 Å². The fourth-order valence-electron chi connectivity index (χ4n) is 5.47. The van der Waals surface area contributed by atoms with Crippen molar-refractivity contribution in [1.29, 1.82) is 5.26 Å². The lowest BCUT2D eigenvalue weighted by Crippen LogP contribution is -2.35. The largest absolute Gasteiger partial charge is 0.444 e. The maximum atomic E-state index is 13.5. The molecule has 170 valence electrons. The number of ketones is 1. The zero-order valence-electron chi connectivity index (χ0n) is 19.6. The molecule has 1 saturated heterocycles. The van der Waals surface area contributed by atoms with Crippen LogP contribution in [0.2, 0.25) is 0 Å². The summed E-state index contributed by atoms with van der Waals surface area (Å²) in [5.74, 6) is 1.02. The van der Waals surface area contributed by atoms with Crippen LogP contribution >= 0.6 is 0 Å².